The lowest BCUT2D eigenvalue weighted by molar-refractivity contribution is -0.128. The number of carbonyl (C=O) groups excluding carboxylic acids is 2. The molecule has 1 aliphatic rings. The van der Waals surface area contributed by atoms with E-state index in [1.165, 1.54) is 11.3 Å². The van der Waals surface area contributed by atoms with Crippen molar-refractivity contribution in [3.05, 3.63) is 33.6 Å². The lowest BCUT2D eigenvalue weighted by Gasteiger charge is -2.22. The van der Waals surface area contributed by atoms with E-state index in [-0.39, 0.29) is 24.2 Å². The standard InChI is InChI=1S/C19H21Cl2N3O2S/c1-3-7-24(18(26)12-8-17(25)23(4-2)10-12)19-22-16(11-27-19)14-6-5-13(20)9-15(14)21/h5-6,9,11-12H,3-4,7-8,10H2,1-2H3. The van der Waals surface area contributed by atoms with Crippen LogP contribution >= 0.6 is 34.5 Å². The minimum atomic E-state index is -0.310. The molecule has 3 rings (SSSR count). The Hall–Kier alpha value is -1.63. The maximum absolute atomic E-state index is 13.1. The van der Waals surface area contributed by atoms with Gasteiger partial charge in [0.1, 0.15) is 0 Å². The van der Waals surface area contributed by atoms with E-state index in [9.17, 15) is 9.59 Å². The second-order valence-corrected chi connectivity index (χ2v) is 8.14. The number of benzene rings is 1. The topological polar surface area (TPSA) is 53.5 Å². The maximum atomic E-state index is 13.1. The van der Waals surface area contributed by atoms with E-state index in [2.05, 4.69) is 4.98 Å². The second-order valence-electron chi connectivity index (χ2n) is 6.46. The van der Waals surface area contributed by atoms with Gasteiger partial charge in [0.25, 0.3) is 0 Å². The number of hydrogen-bond donors (Lipinski definition) is 0. The first-order valence-electron chi connectivity index (χ1n) is 8.94. The normalized spacial score (nSPS) is 16.8. The predicted octanol–water partition coefficient (Wildman–Crippen LogP) is 4.73. The van der Waals surface area contributed by atoms with E-state index in [0.29, 0.717) is 40.5 Å². The van der Waals surface area contributed by atoms with Gasteiger partial charge in [-0.2, -0.15) is 0 Å². The summed E-state index contributed by atoms with van der Waals surface area (Å²) in [5, 5.41) is 3.60. The van der Waals surface area contributed by atoms with E-state index in [1.807, 2.05) is 25.3 Å². The van der Waals surface area contributed by atoms with Crippen molar-refractivity contribution in [3.63, 3.8) is 0 Å². The number of hydrogen-bond acceptors (Lipinski definition) is 4. The third kappa shape index (κ3) is 4.28. The van der Waals surface area contributed by atoms with Gasteiger partial charge in [0, 0.05) is 42.0 Å². The van der Waals surface area contributed by atoms with Crippen molar-refractivity contribution in [3.8, 4) is 11.3 Å². The monoisotopic (exact) mass is 425 g/mol. The van der Waals surface area contributed by atoms with Crippen molar-refractivity contribution in [2.24, 2.45) is 5.92 Å². The van der Waals surface area contributed by atoms with Crippen LogP contribution in [0.15, 0.2) is 23.6 Å². The number of nitrogens with zero attached hydrogens (tertiary/aromatic N) is 3. The molecular weight excluding hydrogens is 405 g/mol. The second kappa shape index (κ2) is 8.59. The highest BCUT2D eigenvalue weighted by molar-refractivity contribution is 7.14. The van der Waals surface area contributed by atoms with Crippen molar-refractivity contribution >= 4 is 51.5 Å². The Balaban J connectivity index is 1.84. The Kier molecular flexibility index (Phi) is 6.40. The number of amides is 2. The van der Waals surface area contributed by atoms with Gasteiger partial charge in [-0.15, -0.1) is 11.3 Å². The van der Waals surface area contributed by atoms with Crippen molar-refractivity contribution < 1.29 is 9.59 Å². The molecule has 0 aliphatic carbocycles. The largest absolute Gasteiger partial charge is 0.342 e. The summed E-state index contributed by atoms with van der Waals surface area (Å²) in [5.41, 5.74) is 1.49. The third-order valence-electron chi connectivity index (χ3n) is 4.59. The molecule has 5 nitrogen and oxygen atoms in total. The number of likely N-dealkylation sites (tertiary alicyclic amines) is 1. The fourth-order valence-corrected chi connectivity index (χ4v) is 4.56. The van der Waals surface area contributed by atoms with E-state index in [4.69, 9.17) is 23.2 Å². The first-order valence-corrected chi connectivity index (χ1v) is 10.6. The minimum absolute atomic E-state index is 0.0377. The first kappa shape index (κ1) is 20.1. The molecule has 2 heterocycles. The van der Waals surface area contributed by atoms with Gasteiger partial charge in [-0.1, -0.05) is 30.1 Å². The van der Waals surface area contributed by atoms with Crippen LogP contribution in [0.25, 0.3) is 11.3 Å². The van der Waals surface area contributed by atoms with Gasteiger partial charge in [-0.3, -0.25) is 14.5 Å². The highest BCUT2D eigenvalue weighted by Gasteiger charge is 2.36. The smallest absolute Gasteiger partial charge is 0.234 e. The van der Waals surface area contributed by atoms with Crippen molar-refractivity contribution in [1.82, 2.24) is 9.88 Å². The molecule has 0 N–H and O–H groups in total. The van der Waals surface area contributed by atoms with Gasteiger partial charge in [-0.05, 0) is 31.5 Å². The summed E-state index contributed by atoms with van der Waals surface area (Å²) in [6.07, 6.45) is 1.08. The molecule has 1 atom stereocenters. The average Bonchev–Trinajstić information content (AvgIpc) is 3.26. The highest BCUT2D eigenvalue weighted by Crippen LogP contribution is 2.34. The summed E-state index contributed by atoms with van der Waals surface area (Å²) >= 11 is 13.7. The molecule has 0 radical (unpaired) electrons. The number of rotatable bonds is 6. The van der Waals surface area contributed by atoms with Gasteiger partial charge in [0.2, 0.25) is 11.8 Å². The molecule has 2 amide bonds. The Morgan fingerprint density at radius 1 is 1.37 bits per heavy atom. The van der Waals surface area contributed by atoms with Gasteiger partial charge < -0.3 is 4.90 Å². The van der Waals surface area contributed by atoms with Crippen LogP contribution in [0.1, 0.15) is 26.7 Å². The van der Waals surface area contributed by atoms with E-state index in [0.717, 1.165) is 12.0 Å². The maximum Gasteiger partial charge on any atom is 0.234 e. The molecule has 0 saturated carbocycles. The van der Waals surface area contributed by atoms with Crippen molar-refractivity contribution in [2.75, 3.05) is 24.5 Å². The van der Waals surface area contributed by atoms with Crippen LogP contribution in [0, 0.1) is 5.92 Å². The molecular formula is C19H21Cl2N3O2S. The van der Waals surface area contributed by atoms with Crippen LogP contribution in [-0.4, -0.2) is 41.3 Å². The van der Waals surface area contributed by atoms with Gasteiger partial charge in [0.05, 0.1) is 16.6 Å². The Labute approximate surface area is 172 Å². The first-order chi connectivity index (χ1) is 12.9. The molecule has 0 spiro atoms. The van der Waals surface area contributed by atoms with Crippen LogP contribution in [-0.2, 0) is 9.59 Å². The molecule has 1 saturated heterocycles. The molecule has 8 heteroatoms. The fraction of sp³-hybridized carbons (Fsp3) is 0.421. The van der Waals surface area contributed by atoms with Crippen LogP contribution in [0.3, 0.4) is 0 Å². The molecule has 0 bridgehead atoms. The summed E-state index contributed by atoms with van der Waals surface area (Å²) in [6, 6.07) is 5.26. The van der Waals surface area contributed by atoms with Crippen LogP contribution < -0.4 is 4.90 Å². The minimum Gasteiger partial charge on any atom is -0.342 e. The number of anilines is 1. The lowest BCUT2D eigenvalue weighted by Crippen LogP contribution is -2.38. The molecule has 1 aromatic heterocycles. The quantitative estimate of drug-likeness (QED) is 0.671. The molecule has 1 aromatic carbocycles. The van der Waals surface area contributed by atoms with Crippen LogP contribution in [0.2, 0.25) is 10.0 Å². The number of carbonyl (C=O) groups is 2. The van der Waals surface area contributed by atoms with E-state index >= 15 is 0 Å². The average molecular weight is 426 g/mol. The zero-order valence-electron chi connectivity index (χ0n) is 15.2. The molecule has 1 aliphatic heterocycles. The van der Waals surface area contributed by atoms with Gasteiger partial charge >= 0.3 is 0 Å². The SMILES string of the molecule is CCCN(C(=O)C1CC(=O)N(CC)C1)c1nc(-c2ccc(Cl)cc2Cl)cs1. The lowest BCUT2D eigenvalue weighted by atomic mass is 10.1. The molecule has 144 valence electrons. The zero-order valence-corrected chi connectivity index (χ0v) is 17.6. The van der Waals surface area contributed by atoms with E-state index in [1.54, 1.807) is 21.9 Å². The Morgan fingerprint density at radius 3 is 2.78 bits per heavy atom. The summed E-state index contributed by atoms with van der Waals surface area (Å²) < 4.78 is 0. The summed E-state index contributed by atoms with van der Waals surface area (Å²) in [4.78, 5) is 33.1. The van der Waals surface area contributed by atoms with Crippen molar-refractivity contribution in [1.29, 1.82) is 0 Å². The molecule has 1 fully saturated rings. The zero-order chi connectivity index (χ0) is 19.6. The summed E-state index contributed by atoms with van der Waals surface area (Å²) in [7, 11) is 0. The molecule has 27 heavy (non-hydrogen) atoms. The number of thiazole rings is 1. The third-order valence-corrected chi connectivity index (χ3v) is 6.00. The van der Waals surface area contributed by atoms with Gasteiger partial charge in [0.15, 0.2) is 5.13 Å². The number of halogens is 2. The Morgan fingerprint density at radius 2 is 2.15 bits per heavy atom. The summed E-state index contributed by atoms with van der Waals surface area (Å²) in [5.74, 6) is -0.306. The predicted molar refractivity (Wildman–Crippen MR) is 111 cm³/mol. The van der Waals surface area contributed by atoms with Crippen LogP contribution in [0.4, 0.5) is 5.13 Å². The highest BCUT2D eigenvalue weighted by atomic mass is 35.5. The summed E-state index contributed by atoms with van der Waals surface area (Å²) in [6.45, 7) is 5.62. The Bertz CT molecular complexity index is 855. The molecule has 2 aromatic rings. The fourth-order valence-electron chi connectivity index (χ4n) is 3.20. The number of aromatic nitrogens is 1. The van der Waals surface area contributed by atoms with Crippen molar-refractivity contribution in [2.45, 2.75) is 26.7 Å². The van der Waals surface area contributed by atoms with Crippen LogP contribution in [0.5, 0.6) is 0 Å². The van der Waals surface area contributed by atoms with E-state index < -0.39 is 0 Å². The van der Waals surface area contributed by atoms with Gasteiger partial charge in [-0.25, -0.2) is 4.98 Å². The molecule has 1 unspecified atom stereocenters.